The molecule has 1 rings (SSSR count). The molecule has 0 aliphatic carbocycles. The predicted octanol–water partition coefficient (Wildman–Crippen LogP) is 2.47. The molecule has 0 aliphatic heterocycles. The molecular weight excluding hydrogens is 560 g/mol. The number of hydrogen-bond acceptors (Lipinski definition) is 7. The second-order valence-corrected chi connectivity index (χ2v) is 12.7. The van der Waals surface area contributed by atoms with Crippen molar-refractivity contribution < 1.29 is 32.3 Å². The highest BCUT2D eigenvalue weighted by molar-refractivity contribution is 7.89. The minimum atomic E-state index is -3.88. The molecule has 0 spiro atoms. The molecule has 1 aromatic rings. The van der Waals surface area contributed by atoms with Crippen LogP contribution in [-0.2, 0) is 33.9 Å². The van der Waals surface area contributed by atoms with E-state index in [-0.39, 0.29) is 49.1 Å². The van der Waals surface area contributed by atoms with Crippen LogP contribution in [0, 0.1) is 18.8 Å². The number of ether oxygens (including phenoxy) is 1. The maximum Gasteiger partial charge on any atom is 0.328 e. The number of hydrogen-bond donors (Lipinski definition) is 3. The quantitative estimate of drug-likeness (QED) is 0.172. The van der Waals surface area contributed by atoms with Crippen LogP contribution in [0.4, 0.5) is 0 Å². The number of carbonyl (C=O) groups is 4. The first-order valence-electron chi connectivity index (χ1n) is 13.9. The summed E-state index contributed by atoms with van der Waals surface area (Å²) in [6.07, 6.45) is 3.14. The van der Waals surface area contributed by atoms with Crippen LogP contribution in [0.25, 0.3) is 0 Å². The maximum absolute atomic E-state index is 13.3. The Balaban J connectivity index is 3.00. The fourth-order valence-electron chi connectivity index (χ4n) is 4.08. The Morgan fingerprint density at radius 3 is 2.02 bits per heavy atom. The van der Waals surface area contributed by atoms with Crippen molar-refractivity contribution in [1.82, 2.24) is 20.3 Å². The third-order valence-electron chi connectivity index (χ3n) is 6.39. The zero-order valence-electron chi connectivity index (χ0n) is 25.5. The zero-order valence-corrected chi connectivity index (χ0v) is 26.3. The van der Waals surface area contributed by atoms with Crippen molar-refractivity contribution in [3.05, 3.63) is 55.1 Å². The van der Waals surface area contributed by atoms with Crippen LogP contribution in [0.15, 0.2) is 54.5 Å². The van der Waals surface area contributed by atoms with E-state index in [1.54, 1.807) is 26.0 Å². The van der Waals surface area contributed by atoms with Crippen LogP contribution in [0.3, 0.4) is 0 Å². The lowest BCUT2D eigenvalue weighted by Gasteiger charge is -2.27. The molecule has 0 saturated carbocycles. The van der Waals surface area contributed by atoms with E-state index < -0.39 is 51.8 Å². The van der Waals surface area contributed by atoms with E-state index in [4.69, 9.17) is 4.74 Å². The molecule has 12 heteroatoms. The van der Waals surface area contributed by atoms with Crippen molar-refractivity contribution in [3.63, 3.8) is 0 Å². The Kier molecular flexibility index (Phi) is 15.2. The Labute approximate surface area is 250 Å². The standard InChI is InChI=1S/C30H46N4O7S/c1-9-11-24(30(38)41-8)31-28(36)25(19-20(3)4)32-29(37)27(21(5)6)33-26(35)16-18-34(17-10-2)42(39,40)23-14-12-22(7)13-15-23/h9-10,12-15,20-21,24-25,27H,1-2,11,16-19H2,3-8H3,(H,31,36)(H,32,37)(H,33,35)/t24-,25+,27+/m1/s1. The van der Waals surface area contributed by atoms with Gasteiger partial charge < -0.3 is 20.7 Å². The number of nitrogens with zero attached hydrogens (tertiary/aromatic N) is 1. The summed E-state index contributed by atoms with van der Waals surface area (Å²) in [5, 5.41) is 8.00. The van der Waals surface area contributed by atoms with Crippen LogP contribution in [-0.4, -0.2) is 74.7 Å². The van der Waals surface area contributed by atoms with Gasteiger partial charge in [0.1, 0.15) is 18.1 Å². The lowest BCUT2D eigenvalue weighted by molar-refractivity contribution is -0.145. The van der Waals surface area contributed by atoms with Gasteiger partial charge in [0.15, 0.2) is 0 Å². The summed E-state index contributed by atoms with van der Waals surface area (Å²) in [7, 11) is -2.67. The molecule has 3 atom stereocenters. The summed E-state index contributed by atoms with van der Waals surface area (Å²) in [6, 6.07) is 3.48. The highest BCUT2D eigenvalue weighted by Gasteiger charge is 2.32. The summed E-state index contributed by atoms with van der Waals surface area (Å²) >= 11 is 0. The third-order valence-corrected chi connectivity index (χ3v) is 8.27. The minimum Gasteiger partial charge on any atom is -0.467 e. The van der Waals surface area contributed by atoms with E-state index >= 15 is 0 Å². The van der Waals surface area contributed by atoms with Crippen LogP contribution < -0.4 is 16.0 Å². The molecule has 3 N–H and O–H groups in total. The van der Waals surface area contributed by atoms with Crippen LogP contribution in [0.5, 0.6) is 0 Å². The Bertz CT molecular complexity index is 1200. The normalized spacial score (nSPS) is 13.6. The van der Waals surface area contributed by atoms with Crippen molar-refractivity contribution in [3.8, 4) is 0 Å². The van der Waals surface area contributed by atoms with Crippen LogP contribution >= 0.6 is 0 Å². The fourth-order valence-corrected chi connectivity index (χ4v) is 5.49. The number of nitrogens with one attached hydrogen (secondary N) is 3. The zero-order chi connectivity index (χ0) is 32.0. The van der Waals surface area contributed by atoms with Gasteiger partial charge in [0.2, 0.25) is 27.7 Å². The molecule has 234 valence electrons. The first-order valence-corrected chi connectivity index (χ1v) is 15.4. The van der Waals surface area contributed by atoms with E-state index in [0.29, 0.717) is 0 Å². The summed E-state index contributed by atoms with van der Waals surface area (Å²) in [5.74, 6) is -2.63. The molecule has 1 aromatic carbocycles. The van der Waals surface area contributed by atoms with Gasteiger partial charge in [0.05, 0.1) is 12.0 Å². The summed E-state index contributed by atoms with van der Waals surface area (Å²) < 4.78 is 32.2. The number of carbonyl (C=O) groups excluding carboxylic acids is 4. The molecule has 42 heavy (non-hydrogen) atoms. The van der Waals surface area contributed by atoms with Gasteiger partial charge in [-0.3, -0.25) is 14.4 Å². The van der Waals surface area contributed by atoms with Crippen molar-refractivity contribution in [2.45, 2.75) is 76.9 Å². The maximum atomic E-state index is 13.3. The van der Waals surface area contributed by atoms with Gasteiger partial charge in [0.25, 0.3) is 0 Å². The summed E-state index contributed by atoms with van der Waals surface area (Å²) in [5.41, 5.74) is 0.912. The molecule has 11 nitrogen and oxygen atoms in total. The molecule has 0 aliphatic rings. The number of esters is 1. The molecule has 0 bridgehead atoms. The molecule has 0 fully saturated rings. The highest BCUT2D eigenvalue weighted by Crippen LogP contribution is 2.17. The fraction of sp³-hybridized carbons (Fsp3) is 0.533. The Morgan fingerprint density at radius 2 is 1.52 bits per heavy atom. The van der Waals surface area contributed by atoms with Crippen molar-refractivity contribution in [1.29, 1.82) is 0 Å². The summed E-state index contributed by atoms with van der Waals surface area (Å²) in [6.45, 7) is 16.2. The number of benzene rings is 1. The van der Waals surface area contributed by atoms with E-state index in [9.17, 15) is 27.6 Å². The SMILES string of the molecule is C=CC[C@@H](NC(=O)[C@H](CC(C)C)NC(=O)[C@@H](NC(=O)CCN(CC=C)S(=O)(=O)c1ccc(C)cc1)C(C)C)C(=O)OC. The van der Waals surface area contributed by atoms with E-state index in [2.05, 4.69) is 29.1 Å². The number of methoxy groups -OCH3 is 1. The van der Waals surface area contributed by atoms with Gasteiger partial charge in [-0.05, 0) is 43.7 Å². The lowest BCUT2D eigenvalue weighted by Crippen LogP contribution is -2.57. The first kappa shape index (κ1) is 36.5. The molecule has 0 heterocycles. The highest BCUT2D eigenvalue weighted by atomic mass is 32.2. The average Bonchev–Trinajstić information content (AvgIpc) is 2.92. The molecule has 0 unspecified atom stereocenters. The first-order chi connectivity index (χ1) is 19.7. The molecule has 0 radical (unpaired) electrons. The van der Waals surface area contributed by atoms with Gasteiger partial charge in [-0.1, -0.05) is 57.5 Å². The molecule has 0 aromatic heterocycles. The van der Waals surface area contributed by atoms with Crippen molar-refractivity contribution in [2.24, 2.45) is 11.8 Å². The summed E-state index contributed by atoms with van der Waals surface area (Å²) in [4.78, 5) is 51.5. The van der Waals surface area contributed by atoms with Gasteiger partial charge in [0, 0.05) is 19.5 Å². The topological polar surface area (TPSA) is 151 Å². The smallest absolute Gasteiger partial charge is 0.328 e. The van der Waals surface area contributed by atoms with Crippen LogP contribution in [0.1, 0.15) is 52.5 Å². The lowest BCUT2D eigenvalue weighted by atomic mass is 9.99. The largest absolute Gasteiger partial charge is 0.467 e. The molecule has 3 amide bonds. The molecule has 0 saturated heterocycles. The number of rotatable bonds is 18. The van der Waals surface area contributed by atoms with Gasteiger partial charge in [-0.15, -0.1) is 13.2 Å². The number of sulfonamides is 1. The second kappa shape index (κ2) is 17.4. The van der Waals surface area contributed by atoms with Crippen molar-refractivity contribution >= 4 is 33.7 Å². The van der Waals surface area contributed by atoms with Gasteiger partial charge in [-0.2, -0.15) is 4.31 Å². The van der Waals surface area contributed by atoms with Crippen LogP contribution in [0.2, 0.25) is 0 Å². The minimum absolute atomic E-state index is 0.00198. The second-order valence-electron chi connectivity index (χ2n) is 10.8. The average molecular weight is 607 g/mol. The number of aryl methyl sites for hydroxylation is 1. The Hall–Kier alpha value is -3.51. The third kappa shape index (κ3) is 11.4. The Morgan fingerprint density at radius 1 is 0.929 bits per heavy atom. The van der Waals surface area contributed by atoms with Gasteiger partial charge >= 0.3 is 5.97 Å². The number of amides is 3. The van der Waals surface area contributed by atoms with Gasteiger partial charge in [-0.25, -0.2) is 13.2 Å². The molecular formula is C30H46N4O7S. The monoisotopic (exact) mass is 606 g/mol. The predicted molar refractivity (Wildman–Crippen MR) is 162 cm³/mol. The van der Waals surface area contributed by atoms with E-state index in [1.165, 1.54) is 31.4 Å². The van der Waals surface area contributed by atoms with E-state index in [1.807, 2.05) is 20.8 Å². The van der Waals surface area contributed by atoms with E-state index in [0.717, 1.165) is 9.87 Å². The van der Waals surface area contributed by atoms with Crippen molar-refractivity contribution in [2.75, 3.05) is 20.2 Å².